The third-order valence-corrected chi connectivity index (χ3v) is 6.62. The number of fused-ring (bicyclic) bond motifs is 1. The molecular formula is C24H22N2O8S. The molecule has 0 bridgehead atoms. The Hall–Kier alpha value is -4.14. The first-order valence-corrected chi connectivity index (χ1v) is 11.8. The summed E-state index contributed by atoms with van der Waals surface area (Å²) in [7, 11) is -2.70. The van der Waals surface area contributed by atoms with E-state index in [4.69, 9.17) is 19.8 Å². The van der Waals surface area contributed by atoms with E-state index in [-0.39, 0.29) is 17.9 Å². The van der Waals surface area contributed by atoms with Crippen molar-refractivity contribution < 1.29 is 37.7 Å². The second-order valence-electron chi connectivity index (χ2n) is 7.54. The summed E-state index contributed by atoms with van der Waals surface area (Å²) in [5.74, 6) is -1.64. The lowest BCUT2D eigenvalue weighted by atomic mass is 10.1. The van der Waals surface area contributed by atoms with Crippen LogP contribution in [0.3, 0.4) is 0 Å². The van der Waals surface area contributed by atoms with Gasteiger partial charge in [0.05, 0.1) is 23.6 Å². The fourth-order valence-electron chi connectivity index (χ4n) is 3.31. The number of hydrogen-bond acceptors (Lipinski definition) is 7. The Morgan fingerprint density at radius 3 is 2.43 bits per heavy atom. The number of hydrogen-bond donors (Lipinski definition) is 3. The summed E-state index contributed by atoms with van der Waals surface area (Å²) in [4.78, 5) is 21.9. The van der Waals surface area contributed by atoms with Crippen LogP contribution in [0.5, 0.6) is 11.5 Å². The molecule has 0 aromatic heterocycles. The monoisotopic (exact) mass is 498 g/mol. The smallest absolute Gasteiger partial charge is 0.321 e. The highest BCUT2D eigenvalue weighted by Gasteiger charge is 2.26. The zero-order chi connectivity index (χ0) is 25.6. The Morgan fingerprint density at radius 1 is 1.06 bits per heavy atom. The van der Waals surface area contributed by atoms with Crippen molar-refractivity contribution in [2.75, 3.05) is 7.11 Å². The average molecular weight is 499 g/mol. The van der Waals surface area contributed by atoms with Crippen molar-refractivity contribution in [3.05, 3.63) is 65.7 Å². The van der Waals surface area contributed by atoms with Gasteiger partial charge in [0.2, 0.25) is 10.0 Å². The molecule has 0 aliphatic rings. The van der Waals surface area contributed by atoms with Crippen molar-refractivity contribution in [3.63, 3.8) is 0 Å². The quantitative estimate of drug-likeness (QED) is 0.361. The fraction of sp³-hybridized carbons (Fsp3) is 0.208. The summed E-state index contributed by atoms with van der Waals surface area (Å²) >= 11 is 0. The van der Waals surface area contributed by atoms with E-state index in [0.29, 0.717) is 27.8 Å². The Bertz CT molecular complexity index is 1410. The molecule has 0 saturated heterocycles. The van der Waals surface area contributed by atoms with Crippen molar-refractivity contribution in [1.29, 1.82) is 5.26 Å². The van der Waals surface area contributed by atoms with Crippen molar-refractivity contribution in [1.82, 2.24) is 4.72 Å². The van der Waals surface area contributed by atoms with E-state index in [1.807, 2.05) is 6.07 Å². The fourth-order valence-corrected chi connectivity index (χ4v) is 4.57. The SMILES string of the molecule is COc1cc(C#N)ccc1COc1ccc2cc(S(=O)(=O)N[C@H](CCC(=O)O)C(=O)O)ccc2c1. The van der Waals surface area contributed by atoms with Crippen LogP contribution in [-0.2, 0) is 26.2 Å². The summed E-state index contributed by atoms with van der Waals surface area (Å²) in [5.41, 5.74) is 1.21. The summed E-state index contributed by atoms with van der Waals surface area (Å²) in [6, 6.07) is 14.8. The van der Waals surface area contributed by atoms with Crippen molar-refractivity contribution in [2.24, 2.45) is 0 Å². The van der Waals surface area contributed by atoms with E-state index in [0.717, 1.165) is 5.56 Å². The van der Waals surface area contributed by atoms with Crippen LogP contribution in [0.2, 0.25) is 0 Å². The Labute approximate surface area is 201 Å². The first-order valence-electron chi connectivity index (χ1n) is 10.3. The highest BCUT2D eigenvalue weighted by atomic mass is 32.2. The summed E-state index contributed by atoms with van der Waals surface area (Å²) in [6.07, 6.45) is -0.878. The summed E-state index contributed by atoms with van der Waals surface area (Å²) in [6.45, 7) is 0.184. The number of aliphatic carboxylic acids is 2. The number of benzene rings is 3. The van der Waals surface area contributed by atoms with Crippen molar-refractivity contribution in [2.45, 2.75) is 30.4 Å². The minimum Gasteiger partial charge on any atom is -0.496 e. The highest BCUT2D eigenvalue weighted by molar-refractivity contribution is 7.89. The van der Waals surface area contributed by atoms with Gasteiger partial charge in [0.25, 0.3) is 0 Å². The maximum absolute atomic E-state index is 12.7. The van der Waals surface area contributed by atoms with Crippen molar-refractivity contribution in [3.8, 4) is 17.6 Å². The number of nitrogens with zero attached hydrogens (tertiary/aromatic N) is 1. The van der Waals surface area contributed by atoms with E-state index in [9.17, 15) is 23.1 Å². The molecule has 0 aliphatic carbocycles. The van der Waals surface area contributed by atoms with Crippen molar-refractivity contribution >= 4 is 32.7 Å². The Balaban J connectivity index is 1.77. The molecule has 0 radical (unpaired) electrons. The van der Waals surface area contributed by atoms with Crippen LogP contribution in [0.4, 0.5) is 0 Å². The number of ether oxygens (including phenoxy) is 2. The zero-order valence-electron chi connectivity index (χ0n) is 18.6. The zero-order valence-corrected chi connectivity index (χ0v) is 19.4. The van der Waals surface area contributed by atoms with Gasteiger partial charge in [-0.25, -0.2) is 8.42 Å². The van der Waals surface area contributed by atoms with Gasteiger partial charge >= 0.3 is 11.9 Å². The van der Waals surface area contributed by atoms with E-state index in [1.54, 1.807) is 42.5 Å². The third kappa shape index (κ3) is 6.47. The van der Waals surface area contributed by atoms with Gasteiger partial charge in [0, 0.05) is 12.0 Å². The van der Waals surface area contributed by atoms with Gasteiger partial charge in [-0.3, -0.25) is 9.59 Å². The van der Waals surface area contributed by atoms with Gasteiger partial charge < -0.3 is 19.7 Å². The van der Waals surface area contributed by atoms with Gasteiger partial charge in [0.15, 0.2) is 0 Å². The predicted octanol–water partition coefficient (Wildman–Crippen LogP) is 2.90. The first kappa shape index (κ1) is 25.5. The van der Waals surface area contributed by atoms with Gasteiger partial charge in [-0.1, -0.05) is 18.2 Å². The lowest BCUT2D eigenvalue weighted by molar-refractivity contribution is -0.140. The maximum Gasteiger partial charge on any atom is 0.321 e. The largest absolute Gasteiger partial charge is 0.496 e. The number of carboxylic acid groups (broad SMARTS) is 2. The lowest BCUT2D eigenvalue weighted by Gasteiger charge is -2.14. The van der Waals surface area contributed by atoms with Crippen LogP contribution >= 0.6 is 0 Å². The minimum absolute atomic E-state index is 0.150. The number of rotatable bonds is 11. The van der Waals surface area contributed by atoms with Gasteiger partial charge in [-0.05, 0) is 53.6 Å². The van der Waals surface area contributed by atoms with Gasteiger partial charge in [-0.15, -0.1) is 0 Å². The van der Waals surface area contributed by atoms with E-state index < -0.39 is 34.4 Å². The average Bonchev–Trinajstić information content (AvgIpc) is 2.84. The Kier molecular flexibility index (Phi) is 7.91. The van der Waals surface area contributed by atoms with E-state index >= 15 is 0 Å². The molecule has 3 N–H and O–H groups in total. The number of carbonyl (C=O) groups is 2. The van der Waals surface area contributed by atoms with Crippen LogP contribution < -0.4 is 14.2 Å². The number of nitriles is 1. The molecule has 0 unspecified atom stereocenters. The first-order chi connectivity index (χ1) is 16.6. The molecule has 0 amide bonds. The number of carboxylic acids is 2. The maximum atomic E-state index is 12.7. The second-order valence-corrected chi connectivity index (χ2v) is 9.26. The van der Waals surface area contributed by atoms with Crippen LogP contribution in [0, 0.1) is 11.3 Å². The second kappa shape index (κ2) is 10.9. The summed E-state index contributed by atoms with van der Waals surface area (Å²) < 4.78 is 38.6. The van der Waals surface area contributed by atoms with Gasteiger partial charge in [-0.2, -0.15) is 9.98 Å². The third-order valence-electron chi connectivity index (χ3n) is 5.15. The topological polar surface area (TPSA) is 163 Å². The lowest BCUT2D eigenvalue weighted by Crippen LogP contribution is -2.41. The number of methoxy groups -OCH3 is 1. The molecule has 10 nitrogen and oxygen atoms in total. The van der Waals surface area contributed by atoms with Crippen LogP contribution in [0.25, 0.3) is 10.8 Å². The van der Waals surface area contributed by atoms with E-state index in [2.05, 4.69) is 4.72 Å². The number of nitrogens with one attached hydrogen (secondary N) is 1. The molecule has 3 aromatic rings. The van der Waals surface area contributed by atoms with Crippen LogP contribution in [0.1, 0.15) is 24.0 Å². The summed E-state index contributed by atoms with van der Waals surface area (Å²) in [5, 5.41) is 28.3. The molecule has 35 heavy (non-hydrogen) atoms. The molecule has 3 rings (SSSR count). The standard InChI is InChI=1S/C24H22N2O8S/c1-33-22-10-15(13-25)2-3-18(22)14-34-19-6-4-17-12-20(7-5-16(17)11-19)35(31,32)26-21(24(29)30)8-9-23(27)28/h2-7,10-12,21,26H,8-9,14H2,1H3,(H,27,28)(H,29,30)/t21-/m1/s1. The predicted molar refractivity (Wildman–Crippen MR) is 125 cm³/mol. The molecule has 0 aliphatic heterocycles. The number of sulfonamides is 1. The van der Waals surface area contributed by atoms with E-state index in [1.165, 1.54) is 19.2 Å². The molecule has 0 saturated carbocycles. The molecule has 1 atom stereocenters. The molecular weight excluding hydrogens is 476 g/mol. The molecule has 0 spiro atoms. The molecule has 3 aromatic carbocycles. The normalized spacial score (nSPS) is 12.0. The molecule has 0 heterocycles. The Morgan fingerprint density at radius 2 is 1.77 bits per heavy atom. The molecule has 0 fully saturated rings. The highest BCUT2D eigenvalue weighted by Crippen LogP contribution is 2.26. The van der Waals surface area contributed by atoms with Crippen LogP contribution in [-0.4, -0.2) is 43.7 Å². The minimum atomic E-state index is -4.21. The molecule has 182 valence electrons. The van der Waals surface area contributed by atoms with Crippen LogP contribution in [0.15, 0.2) is 59.5 Å². The molecule has 11 heteroatoms. The van der Waals surface area contributed by atoms with Gasteiger partial charge in [0.1, 0.15) is 24.1 Å².